The van der Waals surface area contributed by atoms with E-state index in [0.717, 1.165) is 44.4 Å². The van der Waals surface area contributed by atoms with Gasteiger partial charge in [-0.25, -0.2) is 19.3 Å². The summed E-state index contributed by atoms with van der Waals surface area (Å²) in [6.45, 7) is 6.87. The van der Waals surface area contributed by atoms with E-state index in [2.05, 4.69) is 30.0 Å². The fourth-order valence-electron chi connectivity index (χ4n) is 3.12. The Morgan fingerprint density at radius 2 is 1.89 bits per heavy atom. The SMILES string of the molecule is Cc1ccnc(N2CCN(CCn3nc(-n4cccn4)ccc3=O)CC2)n1. The van der Waals surface area contributed by atoms with Crippen molar-refractivity contribution in [3.8, 4) is 5.82 Å². The Morgan fingerprint density at radius 1 is 1.04 bits per heavy atom. The third-order valence-electron chi connectivity index (χ3n) is 4.66. The van der Waals surface area contributed by atoms with Gasteiger partial charge in [0.2, 0.25) is 5.95 Å². The van der Waals surface area contributed by atoms with Crippen molar-refractivity contribution in [2.75, 3.05) is 37.6 Å². The molecule has 0 radical (unpaired) electrons. The largest absolute Gasteiger partial charge is 0.338 e. The molecule has 3 aromatic heterocycles. The molecular formula is C18H22N8O. The molecule has 0 amide bonds. The lowest BCUT2D eigenvalue weighted by molar-refractivity contribution is 0.241. The Balaban J connectivity index is 1.35. The minimum atomic E-state index is -0.0993. The molecule has 140 valence electrons. The van der Waals surface area contributed by atoms with E-state index in [1.807, 2.05) is 25.3 Å². The smallest absolute Gasteiger partial charge is 0.266 e. The first-order valence-electron chi connectivity index (χ1n) is 9.04. The number of aromatic nitrogens is 6. The van der Waals surface area contributed by atoms with E-state index in [1.165, 1.54) is 10.7 Å². The standard InChI is InChI=1S/C18H22N8O/c1-15-5-7-19-18(21-15)24-12-9-23(10-13-24)11-14-26-17(27)4-3-16(22-26)25-8-2-6-20-25/h2-8H,9-14H2,1H3. The zero-order valence-corrected chi connectivity index (χ0v) is 15.3. The zero-order chi connectivity index (χ0) is 18.6. The molecule has 0 saturated carbocycles. The van der Waals surface area contributed by atoms with Gasteiger partial charge in [0, 0.05) is 63.1 Å². The maximum atomic E-state index is 12.1. The van der Waals surface area contributed by atoms with Crippen molar-refractivity contribution in [3.63, 3.8) is 0 Å². The molecule has 0 spiro atoms. The Bertz CT molecular complexity index is 944. The number of piperazine rings is 1. The van der Waals surface area contributed by atoms with E-state index in [1.54, 1.807) is 23.1 Å². The van der Waals surface area contributed by atoms with Crippen LogP contribution in [0.2, 0.25) is 0 Å². The molecule has 4 heterocycles. The Morgan fingerprint density at radius 3 is 2.63 bits per heavy atom. The average Bonchev–Trinajstić information content (AvgIpc) is 3.23. The van der Waals surface area contributed by atoms with Gasteiger partial charge in [0.25, 0.3) is 5.56 Å². The monoisotopic (exact) mass is 366 g/mol. The second-order valence-corrected chi connectivity index (χ2v) is 6.53. The molecule has 0 N–H and O–H groups in total. The maximum absolute atomic E-state index is 12.1. The summed E-state index contributed by atoms with van der Waals surface area (Å²) < 4.78 is 3.16. The van der Waals surface area contributed by atoms with Crippen LogP contribution in [0.15, 0.2) is 47.7 Å². The van der Waals surface area contributed by atoms with E-state index >= 15 is 0 Å². The molecule has 1 aliphatic heterocycles. The molecule has 0 unspecified atom stereocenters. The lowest BCUT2D eigenvalue weighted by Crippen LogP contribution is -2.48. The average molecular weight is 366 g/mol. The zero-order valence-electron chi connectivity index (χ0n) is 15.3. The number of rotatable bonds is 5. The lowest BCUT2D eigenvalue weighted by Gasteiger charge is -2.34. The molecule has 0 bridgehead atoms. The van der Waals surface area contributed by atoms with E-state index in [9.17, 15) is 4.79 Å². The predicted octanol–water partition coefficient (Wildman–Crippen LogP) is 0.350. The van der Waals surface area contributed by atoms with Gasteiger partial charge in [-0.15, -0.1) is 5.10 Å². The van der Waals surface area contributed by atoms with Crippen molar-refractivity contribution in [1.82, 2.24) is 34.4 Å². The molecule has 1 saturated heterocycles. The highest BCUT2D eigenvalue weighted by atomic mass is 16.1. The molecule has 1 fully saturated rings. The molecule has 0 aromatic carbocycles. The highest BCUT2D eigenvalue weighted by Gasteiger charge is 2.19. The van der Waals surface area contributed by atoms with Gasteiger partial charge >= 0.3 is 0 Å². The van der Waals surface area contributed by atoms with Gasteiger partial charge in [0.05, 0.1) is 6.54 Å². The van der Waals surface area contributed by atoms with Gasteiger partial charge in [-0.1, -0.05) is 0 Å². The van der Waals surface area contributed by atoms with E-state index in [4.69, 9.17) is 0 Å². The first-order valence-corrected chi connectivity index (χ1v) is 9.04. The quantitative estimate of drug-likeness (QED) is 0.644. The van der Waals surface area contributed by atoms with Crippen molar-refractivity contribution in [3.05, 3.63) is 58.9 Å². The van der Waals surface area contributed by atoms with Crippen LogP contribution in [0.25, 0.3) is 5.82 Å². The minimum absolute atomic E-state index is 0.0993. The van der Waals surface area contributed by atoms with E-state index in [0.29, 0.717) is 12.4 Å². The van der Waals surface area contributed by atoms with E-state index < -0.39 is 0 Å². The molecule has 9 heteroatoms. The fraction of sp³-hybridized carbons (Fsp3) is 0.389. The molecular weight excluding hydrogens is 344 g/mol. The summed E-state index contributed by atoms with van der Waals surface area (Å²) in [4.78, 5) is 25.5. The Hall–Kier alpha value is -3.07. The van der Waals surface area contributed by atoms with Crippen LogP contribution in [-0.2, 0) is 6.54 Å². The summed E-state index contributed by atoms with van der Waals surface area (Å²) in [5, 5.41) is 8.58. The van der Waals surface area contributed by atoms with Gasteiger partial charge in [0.1, 0.15) is 0 Å². The molecule has 0 atom stereocenters. The molecule has 4 rings (SSSR count). The second-order valence-electron chi connectivity index (χ2n) is 6.53. The van der Waals surface area contributed by atoms with Crippen LogP contribution in [0.1, 0.15) is 5.69 Å². The minimum Gasteiger partial charge on any atom is -0.338 e. The van der Waals surface area contributed by atoms with Crippen LogP contribution in [-0.4, -0.2) is 67.2 Å². The Kier molecular flexibility index (Phi) is 4.93. The number of hydrogen-bond donors (Lipinski definition) is 0. The van der Waals surface area contributed by atoms with Crippen molar-refractivity contribution in [1.29, 1.82) is 0 Å². The Labute approximate surface area is 156 Å². The summed E-state index contributed by atoms with van der Waals surface area (Å²) in [5.74, 6) is 1.43. The molecule has 27 heavy (non-hydrogen) atoms. The summed E-state index contributed by atoms with van der Waals surface area (Å²) >= 11 is 0. The first-order chi connectivity index (χ1) is 13.2. The number of aryl methyl sites for hydroxylation is 1. The molecule has 9 nitrogen and oxygen atoms in total. The third kappa shape index (κ3) is 4.03. The molecule has 1 aliphatic rings. The van der Waals surface area contributed by atoms with Crippen LogP contribution < -0.4 is 10.5 Å². The maximum Gasteiger partial charge on any atom is 0.266 e. The van der Waals surface area contributed by atoms with Crippen LogP contribution in [0.5, 0.6) is 0 Å². The summed E-state index contributed by atoms with van der Waals surface area (Å²) in [7, 11) is 0. The van der Waals surface area contributed by atoms with Crippen molar-refractivity contribution in [2.45, 2.75) is 13.5 Å². The van der Waals surface area contributed by atoms with Crippen LogP contribution in [0.4, 0.5) is 5.95 Å². The van der Waals surface area contributed by atoms with Crippen LogP contribution in [0, 0.1) is 6.92 Å². The third-order valence-corrected chi connectivity index (χ3v) is 4.66. The number of hydrogen-bond acceptors (Lipinski definition) is 7. The van der Waals surface area contributed by atoms with Crippen molar-refractivity contribution >= 4 is 5.95 Å². The number of anilines is 1. The summed E-state index contributed by atoms with van der Waals surface area (Å²) in [6, 6.07) is 6.96. The molecule has 3 aromatic rings. The summed E-state index contributed by atoms with van der Waals surface area (Å²) in [6.07, 6.45) is 5.30. The fourth-order valence-corrected chi connectivity index (χ4v) is 3.12. The normalized spacial score (nSPS) is 15.2. The van der Waals surface area contributed by atoms with Crippen molar-refractivity contribution in [2.24, 2.45) is 0 Å². The van der Waals surface area contributed by atoms with Gasteiger partial charge in [-0.05, 0) is 25.1 Å². The topological polar surface area (TPSA) is 85.0 Å². The van der Waals surface area contributed by atoms with Gasteiger partial charge < -0.3 is 4.90 Å². The highest BCUT2D eigenvalue weighted by Crippen LogP contribution is 2.11. The van der Waals surface area contributed by atoms with Crippen molar-refractivity contribution < 1.29 is 0 Å². The molecule has 0 aliphatic carbocycles. The highest BCUT2D eigenvalue weighted by molar-refractivity contribution is 5.30. The first kappa shape index (κ1) is 17.3. The number of nitrogens with zero attached hydrogens (tertiary/aromatic N) is 8. The van der Waals surface area contributed by atoms with E-state index in [-0.39, 0.29) is 5.56 Å². The van der Waals surface area contributed by atoms with Crippen LogP contribution in [0.3, 0.4) is 0 Å². The predicted molar refractivity (Wildman–Crippen MR) is 101 cm³/mol. The second kappa shape index (κ2) is 7.67. The lowest BCUT2D eigenvalue weighted by atomic mass is 10.3. The summed E-state index contributed by atoms with van der Waals surface area (Å²) in [5.41, 5.74) is 0.877. The van der Waals surface area contributed by atoms with Gasteiger partial charge in [0.15, 0.2) is 5.82 Å². The van der Waals surface area contributed by atoms with Gasteiger partial charge in [-0.2, -0.15) is 5.10 Å². The van der Waals surface area contributed by atoms with Crippen LogP contribution >= 0.6 is 0 Å². The van der Waals surface area contributed by atoms with Gasteiger partial charge in [-0.3, -0.25) is 9.69 Å².